The molecule has 0 spiro atoms. The first kappa shape index (κ1) is 18.7. The van der Waals surface area contributed by atoms with Crippen LogP contribution < -0.4 is 10.2 Å². The first-order valence-corrected chi connectivity index (χ1v) is 9.57. The third-order valence-electron chi connectivity index (χ3n) is 5.05. The lowest BCUT2D eigenvalue weighted by Gasteiger charge is -2.35. The van der Waals surface area contributed by atoms with E-state index >= 15 is 0 Å². The van der Waals surface area contributed by atoms with Crippen LogP contribution in [-0.2, 0) is 14.3 Å². The average Bonchev–Trinajstić information content (AvgIpc) is 3.29. The molecule has 28 heavy (non-hydrogen) atoms. The number of nitrogens with one attached hydrogen (secondary N) is 1. The highest BCUT2D eigenvalue weighted by atomic mass is 16.6. The highest BCUT2D eigenvalue weighted by molar-refractivity contribution is 6.00. The Morgan fingerprint density at radius 1 is 1.11 bits per heavy atom. The minimum atomic E-state index is -0.557. The van der Waals surface area contributed by atoms with Crippen molar-refractivity contribution in [3.05, 3.63) is 48.8 Å². The van der Waals surface area contributed by atoms with E-state index in [-0.39, 0.29) is 17.9 Å². The minimum Gasteiger partial charge on any atom is -0.459 e. The molecule has 2 fully saturated rings. The molecule has 2 aliphatic rings. The van der Waals surface area contributed by atoms with Crippen molar-refractivity contribution in [2.24, 2.45) is 0 Å². The Bertz CT molecular complexity index is 872. The smallest absolute Gasteiger partial charge is 0.325 e. The molecule has 2 aromatic rings. The molecule has 7 nitrogen and oxygen atoms in total. The maximum Gasteiger partial charge on any atom is 0.325 e. The molecule has 0 bridgehead atoms. The number of ether oxygens (including phenoxy) is 1. The van der Waals surface area contributed by atoms with Gasteiger partial charge in [0.15, 0.2) is 0 Å². The number of rotatable bonds is 3. The zero-order valence-electron chi connectivity index (χ0n) is 16.5. The van der Waals surface area contributed by atoms with Gasteiger partial charge in [-0.2, -0.15) is 0 Å². The Balaban J connectivity index is 1.58. The summed E-state index contributed by atoms with van der Waals surface area (Å²) in [5.41, 5.74) is 1.26. The summed E-state index contributed by atoms with van der Waals surface area (Å²) in [4.78, 5) is 29.5. The summed E-state index contributed by atoms with van der Waals surface area (Å²) < 4.78 is 7.58. The van der Waals surface area contributed by atoms with E-state index in [1.165, 1.54) is 0 Å². The number of nitrogens with zero attached hydrogens (tertiary/aromatic N) is 3. The van der Waals surface area contributed by atoms with Gasteiger partial charge in [0, 0.05) is 36.9 Å². The molecule has 7 heteroatoms. The van der Waals surface area contributed by atoms with Crippen molar-refractivity contribution in [1.82, 2.24) is 14.8 Å². The molecule has 148 valence electrons. The van der Waals surface area contributed by atoms with Crippen molar-refractivity contribution in [3.63, 3.8) is 0 Å². The van der Waals surface area contributed by atoms with Crippen LogP contribution in [0.5, 0.6) is 0 Å². The molecule has 1 aromatic heterocycles. The van der Waals surface area contributed by atoms with E-state index in [0.717, 1.165) is 11.4 Å². The van der Waals surface area contributed by atoms with E-state index in [1.54, 1.807) is 4.90 Å². The molecular weight excluding hydrogens is 356 g/mol. The molecule has 2 atom stereocenters. The molecular formula is C21H26N4O3. The van der Waals surface area contributed by atoms with Gasteiger partial charge in [0.1, 0.15) is 17.7 Å². The Morgan fingerprint density at radius 3 is 2.54 bits per heavy atom. The van der Waals surface area contributed by atoms with Crippen molar-refractivity contribution < 1.29 is 14.3 Å². The number of fused-ring (bicyclic) bond motifs is 1. The summed E-state index contributed by atoms with van der Waals surface area (Å²) in [5, 5.41) is 3.22. The fourth-order valence-corrected chi connectivity index (χ4v) is 3.77. The Kier molecular flexibility index (Phi) is 4.72. The summed E-state index contributed by atoms with van der Waals surface area (Å²) in [6.07, 6.45) is 3.94. The van der Waals surface area contributed by atoms with Crippen LogP contribution in [0.15, 0.2) is 48.8 Å². The van der Waals surface area contributed by atoms with Crippen LogP contribution in [0.1, 0.15) is 20.8 Å². The molecule has 3 heterocycles. The summed E-state index contributed by atoms with van der Waals surface area (Å²) in [7, 11) is 0. The number of esters is 1. The molecule has 1 aromatic carbocycles. The number of aromatic nitrogens is 1. The SMILES string of the molecule is CC(C)(C)OC(=O)C1CNCC2C(=O)N(c3cccc(-n4cccc4)c3)CN12. The predicted octanol–water partition coefficient (Wildman–Crippen LogP) is 1.77. The lowest BCUT2D eigenvalue weighted by Crippen LogP contribution is -2.60. The highest BCUT2D eigenvalue weighted by Gasteiger charge is 2.47. The van der Waals surface area contributed by atoms with Crippen LogP contribution in [-0.4, -0.2) is 58.8 Å². The summed E-state index contributed by atoms with van der Waals surface area (Å²) in [6.45, 7) is 6.96. The van der Waals surface area contributed by atoms with E-state index in [2.05, 4.69) is 5.32 Å². The second-order valence-corrected chi connectivity index (χ2v) is 8.26. The van der Waals surface area contributed by atoms with Gasteiger partial charge < -0.3 is 14.6 Å². The average molecular weight is 382 g/mol. The molecule has 2 aliphatic heterocycles. The van der Waals surface area contributed by atoms with Crippen LogP contribution >= 0.6 is 0 Å². The molecule has 4 rings (SSSR count). The van der Waals surface area contributed by atoms with Crippen LogP contribution in [0.25, 0.3) is 5.69 Å². The normalized spacial score (nSPS) is 23.0. The lowest BCUT2D eigenvalue weighted by molar-refractivity contribution is -0.162. The quantitative estimate of drug-likeness (QED) is 0.820. The van der Waals surface area contributed by atoms with Gasteiger partial charge in [0.25, 0.3) is 0 Å². The van der Waals surface area contributed by atoms with Crippen molar-refractivity contribution in [3.8, 4) is 5.69 Å². The van der Waals surface area contributed by atoms with Gasteiger partial charge in [0.2, 0.25) is 5.91 Å². The molecule has 0 radical (unpaired) electrons. The monoisotopic (exact) mass is 382 g/mol. The number of benzene rings is 1. The highest BCUT2D eigenvalue weighted by Crippen LogP contribution is 2.28. The minimum absolute atomic E-state index is 0.00501. The summed E-state index contributed by atoms with van der Waals surface area (Å²) in [5.74, 6) is -0.286. The number of piperazine rings is 1. The van der Waals surface area contributed by atoms with E-state index < -0.39 is 11.6 Å². The first-order chi connectivity index (χ1) is 13.3. The summed E-state index contributed by atoms with van der Waals surface area (Å²) in [6, 6.07) is 11.0. The molecule has 2 unspecified atom stereocenters. The molecule has 0 saturated carbocycles. The number of hydrogen-bond acceptors (Lipinski definition) is 5. The van der Waals surface area contributed by atoms with Crippen LogP contribution in [0.4, 0.5) is 5.69 Å². The number of hydrogen-bond donors (Lipinski definition) is 1. The predicted molar refractivity (Wildman–Crippen MR) is 106 cm³/mol. The zero-order chi connectivity index (χ0) is 19.9. The van der Waals surface area contributed by atoms with Crippen LogP contribution in [0.2, 0.25) is 0 Å². The van der Waals surface area contributed by atoms with Gasteiger partial charge in [-0.1, -0.05) is 6.07 Å². The number of amides is 1. The number of carbonyl (C=O) groups is 2. The van der Waals surface area contributed by atoms with Gasteiger partial charge in [0.05, 0.1) is 6.67 Å². The van der Waals surface area contributed by atoms with Crippen LogP contribution in [0, 0.1) is 0 Å². The largest absolute Gasteiger partial charge is 0.459 e. The standard InChI is InChI=1S/C21H26N4O3/c1-21(2,3)28-20(27)18-13-22-12-17-19(26)24(14-25(17)18)16-8-6-7-15(11-16)23-9-4-5-10-23/h4-11,17-18,22H,12-14H2,1-3H3. The second-order valence-electron chi connectivity index (χ2n) is 8.26. The van der Waals surface area contributed by atoms with E-state index in [1.807, 2.05) is 79.0 Å². The maximum absolute atomic E-state index is 13.1. The van der Waals surface area contributed by atoms with E-state index in [4.69, 9.17) is 4.74 Å². The van der Waals surface area contributed by atoms with Crippen molar-refractivity contribution in [1.29, 1.82) is 0 Å². The number of carbonyl (C=O) groups excluding carboxylic acids is 2. The Hall–Kier alpha value is -2.64. The molecule has 1 N–H and O–H groups in total. The Labute approximate surface area is 164 Å². The topological polar surface area (TPSA) is 66.8 Å². The van der Waals surface area contributed by atoms with Gasteiger partial charge in [-0.25, -0.2) is 0 Å². The van der Waals surface area contributed by atoms with Crippen LogP contribution in [0.3, 0.4) is 0 Å². The third-order valence-corrected chi connectivity index (χ3v) is 5.05. The molecule has 0 aliphatic carbocycles. The lowest BCUT2D eigenvalue weighted by atomic mass is 10.1. The third kappa shape index (κ3) is 3.55. The first-order valence-electron chi connectivity index (χ1n) is 9.57. The van der Waals surface area contributed by atoms with E-state index in [9.17, 15) is 9.59 Å². The number of anilines is 1. The van der Waals surface area contributed by atoms with E-state index in [0.29, 0.717) is 19.8 Å². The Morgan fingerprint density at radius 2 is 1.82 bits per heavy atom. The maximum atomic E-state index is 13.1. The fourth-order valence-electron chi connectivity index (χ4n) is 3.77. The van der Waals surface area contributed by atoms with Gasteiger partial charge in [-0.15, -0.1) is 0 Å². The fraction of sp³-hybridized carbons (Fsp3) is 0.429. The van der Waals surface area contributed by atoms with Crippen molar-refractivity contribution in [2.75, 3.05) is 24.7 Å². The van der Waals surface area contributed by atoms with Gasteiger partial charge in [-0.05, 0) is 51.1 Å². The van der Waals surface area contributed by atoms with Crippen molar-refractivity contribution >= 4 is 17.6 Å². The second kappa shape index (κ2) is 7.07. The van der Waals surface area contributed by atoms with Gasteiger partial charge in [-0.3, -0.25) is 19.4 Å². The summed E-state index contributed by atoms with van der Waals surface area (Å²) >= 11 is 0. The van der Waals surface area contributed by atoms with Gasteiger partial charge >= 0.3 is 5.97 Å². The molecule has 2 saturated heterocycles. The molecule has 1 amide bonds. The zero-order valence-corrected chi connectivity index (χ0v) is 16.5. The van der Waals surface area contributed by atoms with Crippen molar-refractivity contribution in [2.45, 2.75) is 38.5 Å².